The first kappa shape index (κ1) is 15.3. The van der Waals surface area contributed by atoms with Gasteiger partial charge >= 0.3 is 0 Å². The van der Waals surface area contributed by atoms with Crippen LogP contribution in [0.4, 0.5) is 5.95 Å². The van der Waals surface area contributed by atoms with Gasteiger partial charge in [-0.3, -0.25) is 4.57 Å². The number of rotatable bonds is 4. The van der Waals surface area contributed by atoms with Gasteiger partial charge in [0.15, 0.2) is 0 Å². The molecule has 5 nitrogen and oxygen atoms in total. The minimum Gasteiger partial charge on any atom is -0.350 e. The van der Waals surface area contributed by atoms with Crippen LogP contribution < -0.4 is 5.32 Å². The molecule has 25 heavy (non-hydrogen) atoms. The van der Waals surface area contributed by atoms with Crippen LogP contribution in [-0.4, -0.2) is 19.5 Å². The third-order valence-corrected chi connectivity index (χ3v) is 4.12. The van der Waals surface area contributed by atoms with Gasteiger partial charge < -0.3 is 5.32 Å². The first-order chi connectivity index (χ1) is 12.2. The Hall–Kier alpha value is -3.21. The largest absolute Gasteiger partial charge is 0.350 e. The number of benzene rings is 2. The normalized spacial score (nSPS) is 11.0. The molecular formula is C20H19N5. The molecule has 0 aliphatic carbocycles. The fourth-order valence-corrected chi connectivity index (χ4v) is 2.98. The maximum atomic E-state index is 4.63. The van der Waals surface area contributed by atoms with E-state index in [-0.39, 0.29) is 0 Å². The van der Waals surface area contributed by atoms with Gasteiger partial charge in [-0.1, -0.05) is 48.5 Å². The van der Waals surface area contributed by atoms with Gasteiger partial charge in [0.2, 0.25) is 11.9 Å². The third-order valence-electron chi connectivity index (χ3n) is 4.12. The summed E-state index contributed by atoms with van der Waals surface area (Å²) in [6.07, 6.45) is 0. The summed E-state index contributed by atoms with van der Waals surface area (Å²) in [5.41, 5.74) is 3.38. The molecule has 0 radical (unpaired) electrons. The van der Waals surface area contributed by atoms with Crippen molar-refractivity contribution in [3.05, 3.63) is 77.7 Å². The van der Waals surface area contributed by atoms with Gasteiger partial charge in [-0.25, -0.2) is 0 Å². The van der Waals surface area contributed by atoms with E-state index < -0.39 is 0 Å². The zero-order chi connectivity index (χ0) is 17.2. The van der Waals surface area contributed by atoms with Gasteiger partial charge in [0.05, 0.1) is 5.52 Å². The Morgan fingerprint density at radius 3 is 2.48 bits per heavy atom. The molecule has 0 atom stereocenters. The molecule has 0 fully saturated rings. The number of para-hydroxylation sites is 1. The van der Waals surface area contributed by atoms with Crippen LogP contribution in [0.25, 0.3) is 16.9 Å². The molecule has 0 aliphatic rings. The molecule has 1 N–H and O–H groups in total. The van der Waals surface area contributed by atoms with E-state index in [1.165, 1.54) is 10.9 Å². The fraction of sp³-hybridized carbons (Fsp3) is 0.150. The summed E-state index contributed by atoms with van der Waals surface area (Å²) in [6, 6.07) is 20.6. The van der Waals surface area contributed by atoms with Crippen LogP contribution in [0.5, 0.6) is 0 Å². The Morgan fingerprint density at radius 1 is 0.880 bits per heavy atom. The summed E-state index contributed by atoms with van der Waals surface area (Å²) < 4.78 is 2.07. The lowest BCUT2D eigenvalue weighted by molar-refractivity contribution is 0.864. The minimum absolute atomic E-state index is 0.587. The highest BCUT2D eigenvalue weighted by molar-refractivity contribution is 5.82. The van der Waals surface area contributed by atoms with Crippen LogP contribution >= 0.6 is 0 Å². The molecule has 0 saturated heterocycles. The molecular weight excluding hydrogens is 310 g/mol. The molecule has 0 unspecified atom stereocenters. The topological polar surface area (TPSA) is 55.6 Å². The first-order valence-electron chi connectivity index (χ1n) is 8.28. The SMILES string of the molecule is Cc1nc(NCc2ccccc2)nc(-n2c(C)cc3ccccc32)n1. The number of fused-ring (bicyclic) bond motifs is 1. The maximum absolute atomic E-state index is 4.63. The van der Waals surface area contributed by atoms with Crippen molar-refractivity contribution in [3.8, 4) is 5.95 Å². The molecule has 2 aromatic carbocycles. The second-order valence-corrected chi connectivity index (χ2v) is 6.03. The molecule has 2 aromatic heterocycles. The van der Waals surface area contributed by atoms with Crippen molar-refractivity contribution in [1.82, 2.24) is 19.5 Å². The average Bonchev–Trinajstić information content (AvgIpc) is 2.96. The lowest BCUT2D eigenvalue weighted by Crippen LogP contribution is -2.10. The number of nitrogens with zero attached hydrogens (tertiary/aromatic N) is 4. The van der Waals surface area contributed by atoms with Gasteiger partial charge in [0, 0.05) is 17.6 Å². The van der Waals surface area contributed by atoms with Crippen LogP contribution in [0, 0.1) is 13.8 Å². The van der Waals surface area contributed by atoms with Crippen molar-refractivity contribution < 1.29 is 0 Å². The molecule has 0 bridgehead atoms. The van der Waals surface area contributed by atoms with E-state index in [0.29, 0.717) is 24.3 Å². The van der Waals surface area contributed by atoms with Crippen molar-refractivity contribution in [2.75, 3.05) is 5.32 Å². The smallest absolute Gasteiger partial charge is 0.239 e. The quantitative estimate of drug-likeness (QED) is 0.614. The molecule has 0 saturated carbocycles. The summed E-state index contributed by atoms with van der Waals surface area (Å²) >= 11 is 0. The number of anilines is 1. The second-order valence-electron chi connectivity index (χ2n) is 6.03. The van der Waals surface area contributed by atoms with Gasteiger partial charge in [0.1, 0.15) is 5.82 Å². The van der Waals surface area contributed by atoms with E-state index in [4.69, 9.17) is 0 Å². The minimum atomic E-state index is 0.587. The average molecular weight is 329 g/mol. The highest BCUT2D eigenvalue weighted by atomic mass is 15.2. The zero-order valence-corrected chi connectivity index (χ0v) is 14.3. The number of hydrogen-bond donors (Lipinski definition) is 1. The van der Waals surface area contributed by atoms with E-state index >= 15 is 0 Å². The molecule has 0 spiro atoms. The Labute approximate surface area is 146 Å². The number of nitrogens with one attached hydrogen (secondary N) is 1. The highest BCUT2D eigenvalue weighted by Crippen LogP contribution is 2.22. The van der Waals surface area contributed by atoms with E-state index in [0.717, 1.165) is 11.2 Å². The molecule has 4 rings (SSSR count). The highest BCUT2D eigenvalue weighted by Gasteiger charge is 2.12. The predicted octanol–water partition coefficient (Wildman–Crippen LogP) is 4.04. The van der Waals surface area contributed by atoms with E-state index in [9.17, 15) is 0 Å². The van der Waals surface area contributed by atoms with Crippen molar-refractivity contribution in [3.63, 3.8) is 0 Å². The maximum Gasteiger partial charge on any atom is 0.239 e. The number of aryl methyl sites for hydroxylation is 2. The van der Waals surface area contributed by atoms with Crippen LogP contribution in [0.1, 0.15) is 17.1 Å². The molecule has 0 amide bonds. The fourth-order valence-electron chi connectivity index (χ4n) is 2.98. The molecule has 5 heteroatoms. The lowest BCUT2D eigenvalue weighted by atomic mass is 10.2. The molecule has 4 aromatic rings. The van der Waals surface area contributed by atoms with Crippen molar-refractivity contribution in [2.24, 2.45) is 0 Å². The van der Waals surface area contributed by atoms with Gasteiger partial charge in [-0.05, 0) is 31.5 Å². The second kappa shape index (κ2) is 6.36. The van der Waals surface area contributed by atoms with Crippen LogP contribution in [0.2, 0.25) is 0 Å². The lowest BCUT2D eigenvalue weighted by Gasteiger charge is -2.10. The summed E-state index contributed by atoms with van der Waals surface area (Å²) in [4.78, 5) is 13.6. The van der Waals surface area contributed by atoms with Crippen LogP contribution in [-0.2, 0) is 6.54 Å². The monoisotopic (exact) mass is 329 g/mol. The van der Waals surface area contributed by atoms with Crippen LogP contribution in [0.3, 0.4) is 0 Å². The summed E-state index contributed by atoms with van der Waals surface area (Å²) in [5.74, 6) is 1.92. The molecule has 2 heterocycles. The standard InChI is InChI=1S/C20H19N5/c1-14-12-17-10-6-7-11-18(17)25(14)20-23-15(2)22-19(24-20)21-13-16-8-4-3-5-9-16/h3-12H,13H2,1-2H3,(H,21,22,23,24). The Kier molecular flexibility index (Phi) is 3.90. The Balaban J connectivity index is 1.71. The van der Waals surface area contributed by atoms with E-state index in [1.807, 2.05) is 37.3 Å². The van der Waals surface area contributed by atoms with Crippen LogP contribution in [0.15, 0.2) is 60.7 Å². The van der Waals surface area contributed by atoms with E-state index in [2.05, 4.69) is 62.1 Å². The third kappa shape index (κ3) is 3.08. The molecule has 0 aliphatic heterocycles. The van der Waals surface area contributed by atoms with Crippen molar-refractivity contribution in [1.29, 1.82) is 0 Å². The Bertz CT molecular complexity index is 1020. The predicted molar refractivity (Wildman–Crippen MR) is 99.9 cm³/mol. The molecule has 124 valence electrons. The summed E-state index contributed by atoms with van der Waals surface area (Å²) in [5, 5.41) is 4.47. The van der Waals surface area contributed by atoms with Crippen molar-refractivity contribution in [2.45, 2.75) is 20.4 Å². The first-order valence-corrected chi connectivity index (χ1v) is 8.28. The Morgan fingerprint density at radius 2 is 1.64 bits per heavy atom. The summed E-state index contributed by atoms with van der Waals surface area (Å²) in [6.45, 7) is 4.63. The number of hydrogen-bond acceptors (Lipinski definition) is 4. The summed E-state index contributed by atoms with van der Waals surface area (Å²) in [7, 11) is 0. The van der Waals surface area contributed by atoms with Gasteiger partial charge in [-0.15, -0.1) is 0 Å². The van der Waals surface area contributed by atoms with Gasteiger partial charge in [0.25, 0.3) is 0 Å². The zero-order valence-electron chi connectivity index (χ0n) is 14.3. The van der Waals surface area contributed by atoms with E-state index in [1.54, 1.807) is 0 Å². The van der Waals surface area contributed by atoms with Crippen molar-refractivity contribution >= 4 is 16.9 Å². The van der Waals surface area contributed by atoms with Gasteiger partial charge in [-0.2, -0.15) is 15.0 Å². The number of aromatic nitrogens is 4.